The number of nitrogens with one attached hydrogen (secondary N) is 1. The van der Waals surface area contributed by atoms with Crippen LogP contribution in [0.15, 0.2) is 77.9 Å². The lowest BCUT2D eigenvalue weighted by Gasteiger charge is -2.06. The molecule has 0 heterocycles. The molecule has 27 heavy (non-hydrogen) atoms. The zero-order chi connectivity index (χ0) is 19.1. The van der Waals surface area contributed by atoms with Crippen molar-refractivity contribution in [3.8, 4) is 5.75 Å². The van der Waals surface area contributed by atoms with Crippen molar-refractivity contribution in [1.82, 2.24) is 0 Å². The van der Waals surface area contributed by atoms with Crippen molar-refractivity contribution >= 4 is 29.5 Å². The first-order chi connectivity index (χ1) is 13.1. The van der Waals surface area contributed by atoms with Gasteiger partial charge in [-0.05, 0) is 53.6 Å². The summed E-state index contributed by atoms with van der Waals surface area (Å²) in [5, 5.41) is 13.4. The van der Waals surface area contributed by atoms with Crippen LogP contribution in [0.1, 0.15) is 21.5 Å². The quantitative estimate of drug-likeness (QED) is 0.443. The van der Waals surface area contributed by atoms with Gasteiger partial charge in [-0.2, -0.15) is 5.10 Å². The van der Waals surface area contributed by atoms with Gasteiger partial charge in [0.05, 0.1) is 22.5 Å². The third-order valence-corrected chi connectivity index (χ3v) is 4.06. The first-order valence-corrected chi connectivity index (χ1v) is 8.58. The van der Waals surface area contributed by atoms with Gasteiger partial charge in [-0.1, -0.05) is 41.9 Å². The van der Waals surface area contributed by atoms with E-state index in [9.17, 15) is 4.79 Å². The van der Waals surface area contributed by atoms with E-state index >= 15 is 0 Å². The molecule has 0 saturated heterocycles. The van der Waals surface area contributed by atoms with E-state index in [1.165, 1.54) is 12.1 Å². The molecule has 0 unspecified atom stereocenters. The maximum atomic E-state index is 11.1. The first kappa shape index (κ1) is 18.5. The summed E-state index contributed by atoms with van der Waals surface area (Å²) >= 11 is 5.84. The molecule has 0 bridgehead atoms. The van der Waals surface area contributed by atoms with Crippen molar-refractivity contribution in [2.24, 2.45) is 5.10 Å². The van der Waals surface area contributed by atoms with Gasteiger partial charge in [-0.3, -0.25) is 5.43 Å². The lowest BCUT2D eigenvalue weighted by Crippen LogP contribution is -1.99. The second-order valence-corrected chi connectivity index (χ2v) is 6.12. The molecular formula is C21H17ClN2O3. The molecule has 0 aromatic heterocycles. The number of benzene rings is 3. The minimum absolute atomic E-state index is 0.0248. The van der Waals surface area contributed by atoms with E-state index in [0.717, 1.165) is 16.9 Å². The molecule has 3 aromatic carbocycles. The molecule has 3 aromatic rings. The number of hydrogen-bond acceptors (Lipinski definition) is 4. The van der Waals surface area contributed by atoms with Crippen LogP contribution in [-0.2, 0) is 6.61 Å². The third-order valence-electron chi connectivity index (χ3n) is 3.73. The van der Waals surface area contributed by atoms with Crippen molar-refractivity contribution in [3.63, 3.8) is 0 Å². The molecule has 0 atom stereocenters. The van der Waals surface area contributed by atoms with Gasteiger partial charge >= 0.3 is 5.97 Å². The summed E-state index contributed by atoms with van der Waals surface area (Å²) in [5.41, 5.74) is 5.34. The fraction of sp³-hybridized carbons (Fsp3) is 0.0476. The van der Waals surface area contributed by atoms with Crippen LogP contribution in [0.5, 0.6) is 5.75 Å². The summed E-state index contributed by atoms with van der Waals surface area (Å²) in [6, 6.07) is 22.1. The predicted molar refractivity (Wildman–Crippen MR) is 107 cm³/mol. The Morgan fingerprint density at radius 2 is 1.81 bits per heavy atom. The fourth-order valence-electron chi connectivity index (χ4n) is 2.33. The van der Waals surface area contributed by atoms with Crippen molar-refractivity contribution in [3.05, 3.63) is 94.5 Å². The molecule has 0 radical (unpaired) electrons. The van der Waals surface area contributed by atoms with Gasteiger partial charge in [0.15, 0.2) is 0 Å². The van der Waals surface area contributed by atoms with Crippen LogP contribution in [0, 0.1) is 0 Å². The molecule has 0 saturated carbocycles. The topological polar surface area (TPSA) is 70.9 Å². The van der Waals surface area contributed by atoms with Gasteiger partial charge in [0, 0.05) is 0 Å². The Balaban J connectivity index is 1.56. The zero-order valence-electron chi connectivity index (χ0n) is 14.3. The number of hydrogen-bond donors (Lipinski definition) is 2. The Hall–Kier alpha value is -3.31. The van der Waals surface area contributed by atoms with Gasteiger partial charge in [0.2, 0.25) is 0 Å². The average molecular weight is 381 g/mol. The number of anilines is 1. The molecule has 136 valence electrons. The maximum absolute atomic E-state index is 11.1. The lowest BCUT2D eigenvalue weighted by atomic mass is 10.2. The van der Waals surface area contributed by atoms with E-state index < -0.39 is 5.97 Å². The molecule has 0 aliphatic carbocycles. The van der Waals surface area contributed by atoms with Crippen LogP contribution >= 0.6 is 11.6 Å². The molecule has 0 amide bonds. The van der Waals surface area contributed by atoms with E-state index in [4.69, 9.17) is 21.4 Å². The number of halogens is 1. The van der Waals surface area contributed by atoms with Crippen LogP contribution in [0.4, 0.5) is 5.69 Å². The normalized spacial score (nSPS) is 10.7. The number of hydrazone groups is 1. The summed E-state index contributed by atoms with van der Waals surface area (Å²) in [6.45, 7) is 0.512. The van der Waals surface area contributed by atoms with Gasteiger partial charge in [0.25, 0.3) is 0 Å². The Morgan fingerprint density at radius 1 is 1.07 bits per heavy atom. The van der Waals surface area contributed by atoms with E-state index in [1.807, 2.05) is 54.6 Å². The molecule has 0 fully saturated rings. The Kier molecular flexibility index (Phi) is 6.07. The minimum atomic E-state index is -1.08. The van der Waals surface area contributed by atoms with E-state index in [-0.39, 0.29) is 10.6 Å². The predicted octanol–water partition coefficient (Wildman–Crippen LogP) is 5.06. The Bertz CT molecular complexity index is 941. The van der Waals surface area contributed by atoms with Crippen molar-refractivity contribution in [2.45, 2.75) is 6.61 Å². The molecule has 5 nitrogen and oxygen atoms in total. The van der Waals surface area contributed by atoms with E-state index in [2.05, 4.69) is 10.5 Å². The molecule has 2 N–H and O–H groups in total. The van der Waals surface area contributed by atoms with Crippen LogP contribution in [0.2, 0.25) is 5.02 Å². The number of aromatic carboxylic acids is 1. The summed E-state index contributed by atoms with van der Waals surface area (Å²) in [5.74, 6) is -0.313. The van der Waals surface area contributed by atoms with Crippen LogP contribution in [0.25, 0.3) is 0 Å². The highest BCUT2D eigenvalue weighted by Gasteiger charge is 2.08. The van der Waals surface area contributed by atoms with Gasteiger partial charge < -0.3 is 9.84 Å². The van der Waals surface area contributed by atoms with E-state index in [1.54, 1.807) is 12.3 Å². The second kappa shape index (κ2) is 8.87. The fourth-order valence-corrected chi connectivity index (χ4v) is 2.53. The molecular weight excluding hydrogens is 364 g/mol. The number of carbonyl (C=O) groups is 1. The van der Waals surface area contributed by atoms with Crippen molar-refractivity contribution in [1.29, 1.82) is 0 Å². The van der Waals surface area contributed by atoms with Gasteiger partial charge in [-0.15, -0.1) is 0 Å². The minimum Gasteiger partial charge on any atom is -0.489 e. The summed E-state index contributed by atoms with van der Waals surface area (Å²) in [4.78, 5) is 11.1. The number of carboxylic acid groups (broad SMARTS) is 1. The SMILES string of the molecule is O=C(O)c1cc(N/N=C/c2ccc(OCc3ccccc3)cc2)ccc1Cl. The molecule has 0 aliphatic rings. The molecule has 0 aliphatic heterocycles. The maximum Gasteiger partial charge on any atom is 0.337 e. The standard InChI is InChI=1S/C21H17ClN2O3/c22-20-11-8-17(12-19(20)21(25)26)24-23-13-15-6-9-18(10-7-15)27-14-16-4-2-1-3-5-16/h1-13,24H,14H2,(H,25,26)/b23-13+. The monoisotopic (exact) mass is 380 g/mol. The molecule has 6 heteroatoms. The summed E-state index contributed by atoms with van der Waals surface area (Å²) < 4.78 is 5.74. The average Bonchev–Trinajstić information content (AvgIpc) is 2.69. The zero-order valence-corrected chi connectivity index (χ0v) is 15.1. The second-order valence-electron chi connectivity index (χ2n) is 5.71. The summed E-state index contributed by atoms with van der Waals surface area (Å²) in [6.07, 6.45) is 1.63. The van der Waals surface area contributed by atoms with E-state index in [0.29, 0.717) is 12.3 Å². The van der Waals surface area contributed by atoms with Crippen molar-refractivity contribution < 1.29 is 14.6 Å². The number of rotatable bonds is 7. The van der Waals surface area contributed by atoms with Crippen molar-refractivity contribution in [2.75, 3.05) is 5.43 Å². The summed E-state index contributed by atoms with van der Waals surface area (Å²) in [7, 11) is 0. The molecule has 0 spiro atoms. The number of nitrogens with zero attached hydrogens (tertiary/aromatic N) is 1. The lowest BCUT2D eigenvalue weighted by molar-refractivity contribution is 0.0697. The Morgan fingerprint density at radius 3 is 2.52 bits per heavy atom. The highest BCUT2D eigenvalue weighted by Crippen LogP contribution is 2.20. The van der Waals surface area contributed by atoms with Gasteiger partial charge in [0.1, 0.15) is 12.4 Å². The van der Waals surface area contributed by atoms with Crippen LogP contribution < -0.4 is 10.2 Å². The number of ether oxygens (including phenoxy) is 1. The highest BCUT2D eigenvalue weighted by molar-refractivity contribution is 6.33. The first-order valence-electron chi connectivity index (χ1n) is 8.20. The number of carboxylic acids is 1. The third kappa shape index (κ3) is 5.33. The van der Waals surface area contributed by atoms with Gasteiger partial charge in [-0.25, -0.2) is 4.79 Å². The Labute approximate surface area is 161 Å². The van der Waals surface area contributed by atoms with Crippen LogP contribution in [0.3, 0.4) is 0 Å². The van der Waals surface area contributed by atoms with Crippen LogP contribution in [-0.4, -0.2) is 17.3 Å². The highest BCUT2D eigenvalue weighted by atomic mass is 35.5. The smallest absolute Gasteiger partial charge is 0.337 e. The largest absolute Gasteiger partial charge is 0.489 e. The molecule has 3 rings (SSSR count).